The third-order valence-electron chi connectivity index (χ3n) is 8.71. The zero-order valence-corrected chi connectivity index (χ0v) is 31.5. The fourth-order valence-corrected chi connectivity index (χ4v) is 7.09. The van der Waals surface area contributed by atoms with Crippen LogP contribution in [0.5, 0.6) is 0 Å². The van der Waals surface area contributed by atoms with Gasteiger partial charge in [-0.15, -0.1) is 65.2 Å². The average molecular weight is 828 g/mol. The molecule has 8 rings (SSSR count). The van der Waals surface area contributed by atoms with E-state index in [1.807, 2.05) is 42.7 Å². The van der Waals surface area contributed by atoms with Gasteiger partial charge in [0.1, 0.15) is 0 Å². The summed E-state index contributed by atoms with van der Waals surface area (Å²) in [5.74, 6) is 0. The van der Waals surface area contributed by atoms with Gasteiger partial charge >= 0.3 is 0 Å². The van der Waals surface area contributed by atoms with Gasteiger partial charge in [0.25, 0.3) is 0 Å². The van der Waals surface area contributed by atoms with Gasteiger partial charge in [-0.05, 0) is 40.3 Å². The van der Waals surface area contributed by atoms with E-state index in [0.29, 0.717) is 0 Å². The first-order valence-corrected chi connectivity index (χ1v) is 19.8. The minimum atomic E-state index is -1.23. The molecule has 0 aliphatic heterocycles. The van der Waals surface area contributed by atoms with Gasteiger partial charge in [0.15, 0.2) is 0 Å². The number of aromatic nitrogens is 3. The molecule has 0 amide bonds. The Labute approximate surface area is 303 Å². The quantitative estimate of drug-likeness (QED) is 0.128. The standard InChI is InChI=1S/C30H21N2.C14H16NSi.Ir/c1-21-16-17-23(18-26(21)22-10-4-2-5-11-22)28-19-30-27(20-31-28)25-14-8-9-15-29(25)32(30)24-12-6-3-7-13-24;1-16(2,3)13-9-10-14(15-11-13)12-7-5-4-6-8-12;/h2-16,18-20H,1H3;4-7,9-11H,1-3H3;/q2*-1;. The number of hydrogen-bond acceptors (Lipinski definition) is 2. The van der Waals surface area contributed by atoms with Crippen molar-refractivity contribution < 1.29 is 20.1 Å². The van der Waals surface area contributed by atoms with Crippen molar-refractivity contribution in [2.24, 2.45) is 0 Å². The molecule has 0 aliphatic rings. The van der Waals surface area contributed by atoms with E-state index in [2.05, 4.69) is 157 Å². The van der Waals surface area contributed by atoms with Gasteiger partial charge in [-0.2, -0.15) is 0 Å². The first-order chi connectivity index (χ1) is 23.4. The van der Waals surface area contributed by atoms with E-state index in [1.165, 1.54) is 32.8 Å². The van der Waals surface area contributed by atoms with Crippen LogP contribution < -0.4 is 5.19 Å². The molecule has 0 saturated carbocycles. The molecule has 5 aromatic carbocycles. The largest absolute Gasteiger partial charge is 0.310 e. The van der Waals surface area contributed by atoms with Crippen molar-refractivity contribution in [3.8, 4) is 39.3 Å². The molecular weight excluding hydrogens is 791 g/mol. The number of para-hydroxylation sites is 2. The second-order valence-electron chi connectivity index (χ2n) is 13.0. The van der Waals surface area contributed by atoms with Crippen LogP contribution in [0, 0.1) is 19.1 Å². The number of nitrogens with zero attached hydrogens (tertiary/aromatic N) is 3. The molecule has 0 unspecified atom stereocenters. The Morgan fingerprint density at radius 1 is 0.592 bits per heavy atom. The van der Waals surface area contributed by atoms with Crippen molar-refractivity contribution in [2.45, 2.75) is 26.6 Å². The van der Waals surface area contributed by atoms with Crippen molar-refractivity contribution in [1.82, 2.24) is 14.5 Å². The predicted octanol–water partition coefficient (Wildman–Crippen LogP) is 10.7. The Hall–Kier alpha value is -4.93. The maximum Gasteiger partial charge on any atom is 0.0795 e. The fourth-order valence-electron chi connectivity index (χ4n) is 6.06. The van der Waals surface area contributed by atoms with Crippen molar-refractivity contribution in [3.63, 3.8) is 0 Å². The number of rotatable bonds is 5. The molecule has 1 radical (unpaired) electrons. The van der Waals surface area contributed by atoms with E-state index in [-0.39, 0.29) is 20.1 Å². The first kappa shape index (κ1) is 33.9. The van der Waals surface area contributed by atoms with E-state index in [4.69, 9.17) is 4.98 Å². The second-order valence-corrected chi connectivity index (χ2v) is 18.1. The van der Waals surface area contributed by atoms with Crippen LogP contribution in [0.3, 0.4) is 0 Å². The molecule has 3 aromatic heterocycles. The summed E-state index contributed by atoms with van der Waals surface area (Å²) in [6, 6.07) is 54.9. The third-order valence-corrected chi connectivity index (χ3v) is 10.7. The summed E-state index contributed by atoms with van der Waals surface area (Å²) < 4.78 is 2.32. The monoisotopic (exact) mass is 828 g/mol. The molecule has 3 heterocycles. The average Bonchev–Trinajstić information content (AvgIpc) is 3.46. The molecule has 0 bridgehead atoms. The zero-order valence-electron chi connectivity index (χ0n) is 28.1. The second kappa shape index (κ2) is 14.7. The molecule has 0 atom stereocenters. The van der Waals surface area contributed by atoms with Gasteiger partial charge in [-0.1, -0.05) is 117 Å². The van der Waals surface area contributed by atoms with Crippen LogP contribution in [0.15, 0.2) is 152 Å². The van der Waals surface area contributed by atoms with Crippen LogP contribution in [0.4, 0.5) is 0 Å². The maximum absolute atomic E-state index is 4.85. The van der Waals surface area contributed by atoms with Gasteiger partial charge in [0.2, 0.25) is 0 Å². The summed E-state index contributed by atoms with van der Waals surface area (Å²) in [5, 5.41) is 3.76. The van der Waals surface area contributed by atoms with E-state index in [9.17, 15) is 0 Å². The molecule has 5 heteroatoms. The Bertz CT molecular complexity index is 2310. The van der Waals surface area contributed by atoms with E-state index < -0.39 is 8.07 Å². The van der Waals surface area contributed by atoms with Crippen LogP contribution in [-0.4, -0.2) is 22.6 Å². The van der Waals surface area contributed by atoms with Crippen molar-refractivity contribution >= 4 is 35.1 Å². The Kier molecular flexibility index (Phi) is 10.2. The number of benzene rings is 5. The summed E-state index contributed by atoms with van der Waals surface area (Å²) in [7, 11) is -1.23. The molecule has 0 fully saturated rings. The van der Waals surface area contributed by atoms with Crippen LogP contribution in [0.2, 0.25) is 19.6 Å². The molecular formula is C44H37IrN3Si-2. The molecule has 0 N–H and O–H groups in total. The summed E-state index contributed by atoms with van der Waals surface area (Å²) in [6.45, 7) is 9.13. The molecule has 49 heavy (non-hydrogen) atoms. The van der Waals surface area contributed by atoms with Gasteiger partial charge in [-0.25, -0.2) is 0 Å². The van der Waals surface area contributed by atoms with E-state index in [0.717, 1.165) is 39.1 Å². The zero-order chi connectivity index (χ0) is 33.1. The Morgan fingerprint density at radius 3 is 1.98 bits per heavy atom. The van der Waals surface area contributed by atoms with Crippen LogP contribution in [0.1, 0.15) is 5.56 Å². The minimum Gasteiger partial charge on any atom is -0.310 e. The molecule has 243 valence electrons. The molecule has 3 nitrogen and oxygen atoms in total. The van der Waals surface area contributed by atoms with Gasteiger partial charge in [0.05, 0.1) is 13.6 Å². The molecule has 0 saturated heterocycles. The van der Waals surface area contributed by atoms with Crippen molar-refractivity contribution in [1.29, 1.82) is 0 Å². The van der Waals surface area contributed by atoms with Gasteiger partial charge < -0.3 is 14.5 Å². The number of aryl methyl sites for hydroxylation is 1. The normalized spacial score (nSPS) is 11.1. The van der Waals surface area contributed by atoms with Crippen LogP contribution in [-0.2, 0) is 20.1 Å². The van der Waals surface area contributed by atoms with Gasteiger partial charge in [-0.3, -0.25) is 0 Å². The maximum atomic E-state index is 4.85. The Morgan fingerprint density at radius 2 is 1.29 bits per heavy atom. The summed E-state index contributed by atoms with van der Waals surface area (Å²) in [6.07, 6.45) is 4.02. The fraction of sp³-hybridized carbons (Fsp3) is 0.0909. The SMILES string of the molecule is C[Si](C)(C)c1ccc(-c2[c-]cccc2)nc1.Cc1c[c-]c(-c2cc3c(cn2)c2ccccc2n3-c2ccccc2)cc1-c1ccccc1.[Ir]. The minimum absolute atomic E-state index is 0. The van der Waals surface area contributed by atoms with Crippen LogP contribution >= 0.6 is 0 Å². The molecule has 0 spiro atoms. The van der Waals surface area contributed by atoms with Crippen LogP contribution in [0.25, 0.3) is 61.1 Å². The first-order valence-electron chi connectivity index (χ1n) is 16.3. The summed E-state index contributed by atoms with van der Waals surface area (Å²) in [4.78, 5) is 9.37. The number of pyridine rings is 2. The van der Waals surface area contributed by atoms with Gasteiger partial charge in [0, 0.05) is 54.5 Å². The van der Waals surface area contributed by atoms with Crippen molar-refractivity contribution in [3.05, 3.63) is 170 Å². The summed E-state index contributed by atoms with van der Waals surface area (Å²) >= 11 is 0. The molecule has 8 aromatic rings. The smallest absolute Gasteiger partial charge is 0.0795 e. The topological polar surface area (TPSA) is 30.7 Å². The Balaban J connectivity index is 0.000000208. The van der Waals surface area contributed by atoms with E-state index in [1.54, 1.807) is 0 Å². The predicted molar refractivity (Wildman–Crippen MR) is 205 cm³/mol. The van der Waals surface area contributed by atoms with E-state index >= 15 is 0 Å². The number of fused-ring (bicyclic) bond motifs is 3. The number of hydrogen-bond donors (Lipinski definition) is 0. The van der Waals surface area contributed by atoms with Crippen molar-refractivity contribution in [2.75, 3.05) is 0 Å². The molecule has 0 aliphatic carbocycles. The third kappa shape index (κ3) is 7.25. The summed E-state index contributed by atoms with van der Waals surface area (Å²) in [5.41, 5.74) is 11.1.